The van der Waals surface area contributed by atoms with Gasteiger partial charge in [0.15, 0.2) is 0 Å². The van der Waals surface area contributed by atoms with Gasteiger partial charge in [-0.2, -0.15) is 5.10 Å². The van der Waals surface area contributed by atoms with Crippen LogP contribution >= 0.6 is 11.3 Å². The number of carbonyl (C=O) groups is 2. The van der Waals surface area contributed by atoms with Crippen molar-refractivity contribution in [2.24, 2.45) is 0 Å². The molecule has 2 N–H and O–H groups in total. The van der Waals surface area contributed by atoms with Crippen LogP contribution in [0.4, 0.5) is 11.4 Å². The first-order chi connectivity index (χ1) is 14.4. The average molecular weight is 419 g/mol. The summed E-state index contributed by atoms with van der Waals surface area (Å²) >= 11 is 1.43. The number of aryl methyl sites for hydroxylation is 2. The van der Waals surface area contributed by atoms with E-state index >= 15 is 0 Å². The van der Waals surface area contributed by atoms with Crippen molar-refractivity contribution in [1.29, 1.82) is 0 Å². The van der Waals surface area contributed by atoms with Gasteiger partial charge in [0.05, 0.1) is 17.1 Å². The molecule has 4 rings (SSSR count). The summed E-state index contributed by atoms with van der Waals surface area (Å²) in [4.78, 5) is 25.8. The monoisotopic (exact) mass is 418 g/mol. The highest BCUT2D eigenvalue weighted by Gasteiger charge is 2.17. The van der Waals surface area contributed by atoms with Gasteiger partial charge in [-0.05, 0) is 43.2 Å². The molecule has 2 heterocycles. The molecular weight excluding hydrogens is 396 g/mol. The van der Waals surface area contributed by atoms with Crippen molar-refractivity contribution >= 4 is 44.7 Å². The van der Waals surface area contributed by atoms with E-state index in [0.717, 1.165) is 27.0 Å². The average Bonchev–Trinajstić information content (AvgIpc) is 3.26. The molecule has 6 nitrogen and oxygen atoms in total. The Kier molecular flexibility index (Phi) is 5.37. The normalized spacial score (nSPS) is 10.9. The van der Waals surface area contributed by atoms with Crippen molar-refractivity contribution in [2.45, 2.75) is 27.3 Å². The quantitative estimate of drug-likeness (QED) is 0.480. The molecule has 0 fully saturated rings. The van der Waals surface area contributed by atoms with Crippen LogP contribution in [-0.4, -0.2) is 21.6 Å². The number of carbonyl (C=O) groups excluding carboxylic acids is 2. The van der Waals surface area contributed by atoms with Crippen molar-refractivity contribution in [3.63, 3.8) is 0 Å². The Labute approximate surface area is 178 Å². The van der Waals surface area contributed by atoms with Gasteiger partial charge in [-0.15, -0.1) is 11.3 Å². The van der Waals surface area contributed by atoms with Crippen LogP contribution in [0.15, 0.2) is 54.6 Å². The van der Waals surface area contributed by atoms with E-state index in [9.17, 15) is 9.59 Å². The topological polar surface area (TPSA) is 76.0 Å². The first-order valence-corrected chi connectivity index (χ1v) is 10.4. The third kappa shape index (κ3) is 4.11. The smallest absolute Gasteiger partial charge is 0.265 e. The number of thiophene rings is 1. The number of anilines is 2. The summed E-state index contributed by atoms with van der Waals surface area (Å²) in [7, 11) is 0. The second kappa shape index (κ2) is 8.12. The molecule has 0 saturated heterocycles. The van der Waals surface area contributed by atoms with Crippen LogP contribution in [0.1, 0.15) is 33.4 Å². The first-order valence-electron chi connectivity index (χ1n) is 9.61. The molecule has 7 heteroatoms. The lowest BCUT2D eigenvalue weighted by molar-refractivity contribution is -0.114. The Balaban J connectivity index is 1.60. The van der Waals surface area contributed by atoms with Crippen LogP contribution in [0.3, 0.4) is 0 Å². The van der Waals surface area contributed by atoms with Crippen molar-refractivity contribution in [3.8, 4) is 0 Å². The predicted octanol–water partition coefficient (Wildman–Crippen LogP) is 4.97. The minimum absolute atomic E-state index is 0.154. The molecule has 0 unspecified atom stereocenters. The van der Waals surface area contributed by atoms with Crippen molar-refractivity contribution in [2.75, 3.05) is 10.6 Å². The van der Waals surface area contributed by atoms with E-state index in [1.165, 1.54) is 18.3 Å². The van der Waals surface area contributed by atoms with Crippen LogP contribution in [0.25, 0.3) is 10.2 Å². The van der Waals surface area contributed by atoms with Crippen LogP contribution in [0.2, 0.25) is 0 Å². The van der Waals surface area contributed by atoms with E-state index in [1.54, 1.807) is 6.07 Å². The maximum Gasteiger partial charge on any atom is 0.265 e. The fourth-order valence-electron chi connectivity index (χ4n) is 3.31. The Morgan fingerprint density at radius 2 is 1.80 bits per heavy atom. The second-order valence-corrected chi connectivity index (χ2v) is 8.25. The first kappa shape index (κ1) is 19.8. The third-order valence-electron chi connectivity index (χ3n) is 4.81. The van der Waals surface area contributed by atoms with E-state index in [0.29, 0.717) is 22.8 Å². The summed E-state index contributed by atoms with van der Waals surface area (Å²) in [5, 5.41) is 11.3. The van der Waals surface area contributed by atoms with Crippen molar-refractivity contribution in [3.05, 3.63) is 76.3 Å². The zero-order valence-corrected chi connectivity index (χ0v) is 17.8. The van der Waals surface area contributed by atoms with Gasteiger partial charge in [-0.25, -0.2) is 0 Å². The number of hydrogen-bond acceptors (Lipinski definition) is 4. The van der Waals surface area contributed by atoms with Crippen LogP contribution < -0.4 is 10.6 Å². The van der Waals surface area contributed by atoms with Crippen LogP contribution in [0, 0.1) is 13.8 Å². The van der Waals surface area contributed by atoms with E-state index in [4.69, 9.17) is 0 Å². The molecular formula is C23H22N4O2S. The highest BCUT2D eigenvalue weighted by atomic mass is 32.1. The Bertz CT molecular complexity index is 1240. The van der Waals surface area contributed by atoms with E-state index in [1.807, 2.05) is 54.9 Å². The maximum absolute atomic E-state index is 12.9. The molecule has 0 bridgehead atoms. The molecule has 0 aliphatic heterocycles. The van der Waals surface area contributed by atoms with Gasteiger partial charge in [-0.3, -0.25) is 14.3 Å². The van der Waals surface area contributed by atoms with E-state index in [-0.39, 0.29) is 11.8 Å². The molecule has 0 aliphatic carbocycles. The van der Waals surface area contributed by atoms with Crippen LogP contribution in [0.5, 0.6) is 0 Å². The highest BCUT2D eigenvalue weighted by molar-refractivity contribution is 7.20. The number of aromatic nitrogens is 2. The zero-order valence-electron chi connectivity index (χ0n) is 17.0. The number of benzene rings is 2. The second-order valence-electron chi connectivity index (χ2n) is 7.22. The highest BCUT2D eigenvalue weighted by Crippen LogP contribution is 2.30. The largest absolute Gasteiger partial charge is 0.326 e. The van der Waals surface area contributed by atoms with Gasteiger partial charge in [0.25, 0.3) is 5.91 Å². The van der Waals surface area contributed by atoms with Gasteiger partial charge >= 0.3 is 0 Å². The summed E-state index contributed by atoms with van der Waals surface area (Å²) in [5.74, 6) is -0.330. The molecule has 0 aliphatic rings. The fourth-order valence-corrected chi connectivity index (χ4v) is 4.37. The number of hydrogen-bond donors (Lipinski definition) is 2. The summed E-state index contributed by atoms with van der Waals surface area (Å²) in [6, 6.07) is 17.5. The van der Waals surface area contributed by atoms with Crippen LogP contribution in [-0.2, 0) is 11.3 Å². The summed E-state index contributed by atoms with van der Waals surface area (Å²) in [6.45, 7) is 5.99. The number of amides is 2. The lowest BCUT2D eigenvalue weighted by Crippen LogP contribution is -2.12. The van der Waals surface area contributed by atoms with E-state index < -0.39 is 0 Å². The van der Waals surface area contributed by atoms with Crippen molar-refractivity contribution < 1.29 is 9.59 Å². The zero-order chi connectivity index (χ0) is 21.3. The standard InChI is InChI=1S/C23H22N4O2S/c1-14-9-10-18(24-16(3)28)11-20(14)25-22(29)21-12-19-15(2)26-27(23(19)30-21)13-17-7-5-4-6-8-17/h4-12H,13H2,1-3H3,(H,24,28)(H,25,29). The molecule has 0 radical (unpaired) electrons. The van der Waals surface area contributed by atoms with Gasteiger partial charge < -0.3 is 10.6 Å². The van der Waals surface area contributed by atoms with Gasteiger partial charge in [-0.1, -0.05) is 36.4 Å². The minimum atomic E-state index is -0.176. The van der Waals surface area contributed by atoms with E-state index in [2.05, 4.69) is 27.9 Å². The molecule has 4 aromatic rings. The maximum atomic E-state index is 12.9. The molecule has 2 aromatic heterocycles. The third-order valence-corrected chi connectivity index (χ3v) is 5.96. The lowest BCUT2D eigenvalue weighted by Gasteiger charge is -2.10. The van der Waals surface area contributed by atoms with Gasteiger partial charge in [0.1, 0.15) is 4.83 Å². The summed E-state index contributed by atoms with van der Waals surface area (Å²) in [6.07, 6.45) is 0. The Morgan fingerprint density at radius 1 is 1.03 bits per heavy atom. The summed E-state index contributed by atoms with van der Waals surface area (Å²) < 4.78 is 1.95. The fraction of sp³-hybridized carbons (Fsp3) is 0.174. The van der Waals surface area contributed by atoms with Gasteiger partial charge in [0.2, 0.25) is 5.91 Å². The molecule has 0 spiro atoms. The number of nitrogens with zero attached hydrogens (tertiary/aromatic N) is 2. The molecule has 0 saturated carbocycles. The number of rotatable bonds is 5. The Hall–Kier alpha value is -3.45. The Morgan fingerprint density at radius 3 is 2.53 bits per heavy atom. The molecule has 2 aromatic carbocycles. The molecule has 30 heavy (non-hydrogen) atoms. The minimum Gasteiger partial charge on any atom is -0.326 e. The van der Waals surface area contributed by atoms with Crippen molar-refractivity contribution in [1.82, 2.24) is 9.78 Å². The lowest BCUT2D eigenvalue weighted by atomic mass is 10.1. The molecule has 152 valence electrons. The number of nitrogens with one attached hydrogen (secondary N) is 2. The molecule has 0 atom stereocenters. The summed E-state index contributed by atoms with van der Waals surface area (Å²) in [5.41, 5.74) is 4.30. The number of fused-ring (bicyclic) bond motifs is 1. The predicted molar refractivity (Wildman–Crippen MR) is 121 cm³/mol. The SMILES string of the molecule is CC(=O)Nc1ccc(C)c(NC(=O)c2cc3c(C)nn(Cc4ccccc4)c3s2)c1. The molecule has 2 amide bonds. The van der Waals surface area contributed by atoms with Gasteiger partial charge in [0, 0.05) is 23.7 Å².